The maximum absolute atomic E-state index is 12.1. The zero-order valence-electron chi connectivity index (χ0n) is 13.2. The monoisotopic (exact) mass is 318 g/mol. The van der Waals surface area contributed by atoms with Crippen molar-refractivity contribution < 1.29 is 9.53 Å². The molecule has 0 bridgehead atoms. The summed E-state index contributed by atoms with van der Waals surface area (Å²) in [5, 5.41) is 2.86. The van der Waals surface area contributed by atoms with Crippen molar-refractivity contribution in [2.45, 2.75) is 6.42 Å². The number of nitrogens with zero attached hydrogens (tertiary/aromatic N) is 1. The normalized spacial score (nSPS) is 10.2. The van der Waals surface area contributed by atoms with Gasteiger partial charge in [0.15, 0.2) is 0 Å². The predicted octanol–water partition coefficient (Wildman–Crippen LogP) is 3.96. The molecule has 0 aliphatic rings. The van der Waals surface area contributed by atoms with Crippen molar-refractivity contribution in [1.82, 2.24) is 4.98 Å². The van der Waals surface area contributed by atoms with Crippen LogP contribution in [0.4, 0.5) is 5.69 Å². The molecule has 0 spiro atoms. The smallest absolute Gasteiger partial charge is 0.255 e. The number of carbonyl (C=O) groups is 1. The van der Waals surface area contributed by atoms with Crippen molar-refractivity contribution in [3.05, 3.63) is 90.3 Å². The van der Waals surface area contributed by atoms with Crippen LogP contribution in [0, 0.1) is 0 Å². The molecule has 24 heavy (non-hydrogen) atoms. The summed E-state index contributed by atoms with van der Waals surface area (Å²) in [6.45, 7) is 0.589. The van der Waals surface area contributed by atoms with E-state index in [-0.39, 0.29) is 5.91 Å². The van der Waals surface area contributed by atoms with Crippen LogP contribution in [0.3, 0.4) is 0 Å². The molecular weight excluding hydrogens is 300 g/mol. The van der Waals surface area contributed by atoms with Crippen LogP contribution in [0.25, 0.3) is 0 Å². The van der Waals surface area contributed by atoms with Crippen molar-refractivity contribution in [1.29, 1.82) is 0 Å². The molecule has 120 valence electrons. The third-order valence-electron chi connectivity index (χ3n) is 3.54. The summed E-state index contributed by atoms with van der Waals surface area (Å²) >= 11 is 0. The first-order valence-electron chi connectivity index (χ1n) is 7.79. The molecule has 2 aromatic carbocycles. The number of anilines is 1. The Balaban J connectivity index is 1.57. The van der Waals surface area contributed by atoms with Gasteiger partial charge >= 0.3 is 0 Å². The number of nitrogens with one attached hydrogen (secondary N) is 1. The number of benzene rings is 2. The van der Waals surface area contributed by atoms with Crippen LogP contribution in [-0.2, 0) is 6.42 Å². The molecule has 4 nitrogen and oxygen atoms in total. The Labute approximate surface area is 141 Å². The lowest BCUT2D eigenvalue weighted by atomic mass is 10.2. The number of carbonyl (C=O) groups excluding carboxylic acids is 1. The topological polar surface area (TPSA) is 51.2 Å². The summed E-state index contributed by atoms with van der Waals surface area (Å²) in [5.41, 5.74) is 2.51. The van der Waals surface area contributed by atoms with Crippen molar-refractivity contribution in [2.24, 2.45) is 0 Å². The van der Waals surface area contributed by atoms with Gasteiger partial charge in [-0.3, -0.25) is 9.78 Å². The van der Waals surface area contributed by atoms with Crippen LogP contribution >= 0.6 is 0 Å². The third-order valence-corrected chi connectivity index (χ3v) is 3.54. The van der Waals surface area contributed by atoms with Crippen LogP contribution in [0.2, 0.25) is 0 Å². The van der Waals surface area contributed by atoms with Gasteiger partial charge in [0, 0.05) is 36.1 Å². The second-order valence-electron chi connectivity index (χ2n) is 5.30. The number of rotatable bonds is 6. The first kappa shape index (κ1) is 15.7. The van der Waals surface area contributed by atoms with E-state index in [0.717, 1.165) is 12.2 Å². The van der Waals surface area contributed by atoms with Crippen LogP contribution in [0.5, 0.6) is 5.75 Å². The zero-order valence-corrected chi connectivity index (χ0v) is 13.2. The maximum atomic E-state index is 12.1. The molecule has 0 atom stereocenters. The lowest BCUT2D eigenvalue weighted by Gasteiger charge is -2.09. The van der Waals surface area contributed by atoms with Crippen molar-refractivity contribution in [2.75, 3.05) is 11.9 Å². The van der Waals surface area contributed by atoms with Gasteiger partial charge in [-0.2, -0.15) is 0 Å². The van der Waals surface area contributed by atoms with E-state index in [4.69, 9.17) is 4.74 Å². The highest BCUT2D eigenvalue weighted by Crippen LogP contribution is 2.18. The molecule has 1 heterocycles. The van der Waals surface area contributed by atoms with Crippen molar-refractivity contribution in [3.63, 3.8) is 0 Å². The second-order valence-corrected chi connectivity index (χ2v) is 5.30. The molecule has 0 radical (unpaired) electrons. The summed E-state index contributed by atoms with van der Waals surface area (Å²) in [4.78, 5) is 16.1. The minimum Gasteiger partial charge on any atom is -0.493 e. The van der Waals surface area contributed by atoms with Gasteiger partial charge in [-0.05, 0) is 29.8 Å². The Kier molecular flexibility index (Phi) is 5.20. The van der Waals surface area contributed by atoms with Gasteiger partial charge in [0.25, 0.3) is 5.91 Å². The molecule has 0 saturated carbocycles. The van der Waals surface area contributed by atoms with E-state index in [2.05, 4.69) is 22.4 Å². The number of amides is 1. The highest BCUT2D eigenvalue weighted by atomic mass is 16.5. The quantitative estimate of drug-likeness (QED) is 0.748. The Morgan fingerprint density at radius 3 is 2.54 bits per heavy atom. The fourth-order valence-corrected chi connectivity index (χ4v) is 2.30. The summed E-state index contributed by atoms with van der Waals surface area (Å²) < 4.78 is 5.78. The molecule has 3 rings (SSSR count). The zero-order chi connectivity index (χ0) is 16.6. The SMILES string of the molecule is O=C(Nc1cccc(OCCc2ccccc2)c1)c1ccncc1. The Morgan fingerprint density at radius 2 is 1.75 bits per heavy atom. The van der Waals surface area contributed by atoms with E-state index in [1.165, 1.54) is 5.56 Å². The fourth-order valence-electron chi connectivity index (χ4n) is 2.30. The molecule has 1 aromatic heterocycles. The highest BCUT2D eigenvalue weighted by Gasteiger charge is 2.06. The first-order chi connectivity index (χ1) is 11.8. The van der Waals surface area contributed by atoms with E-state index >= 15 is 0 Å². The van der Waals surface area contributed by atoms with E-state index < -0.39 is 0 Å². The largest absolute Gasteiger partial charge is 0.493 e. The minimum absolute atomic E-state index is 0.168. The Hall–Kier alpha value is -3.14. The molecule has 3 aromatic rings. The lowest BCUT2D eigenvalue weighted by Crippen LogP contribution is -2.11. The molecular formula is C20H18N2O2. The lowest BCUT2D eigenvalue weighted by molar-refractivity contribution is 0.102. The number of ether oxygens (including phenoxy) is 1. The minimum atomic E-state index is -0.168. The summed E-state index contributed by atoms with van der Waals surface area (Å²) in [5.74, 6) is 0.567. The van der Waals surface area contributed by atoms with Gasteiger partial charge < -0.3 is 10.1 Å². The van der Waals surface area contributed by atoms with Gasteiger partial charge in [0.1, 0.15) is 5.75 Å². The van der Waals surface area contributed by atoms with Crippen molar-refractivity contribution in [3.8, 4) is 5.75 Å². The molecule has 0 saturated heterocycles. The van der Waals surface area contributed by atoms with Gasteiger partial charge in [-0.25, -0.2) is 0 Å². The number of hydrogen-bond acceptors (Lipinski definition) is 3. The Morgan fingerprint density at radius 1 is 0.958 bits per heavy atom. The molecule has 0 fully saturated rings. The standard InChI is InChI=1S/C20H18N2O2/c23-20(17-9-12-21-13-10-17)22-18-7-4-8-19(15-18)24-14-11-16-5-2-1-3-6-16/h1-10,12-13,15H,11,14H2,(H,22,23). The predicted molar refractivity (Wildman–Crippen MR) is 94.3 cm³/mol. The third kappa shape index (κ3) is 4.43. The molecule has 0 aliphatic carbocycles. The van der Waals surface area contributed by atoms with Gasteiger partial charge in [-0.15, -0.1) is 0 Å². The van der Waals surface area contributed by atoms with E-state index in [1.54, 1.807) is 24.5 Å². The molecule has 0 aliphatic heterocycles. The van der Waals surface area contributed by atoms with Crippen LogP contribution < -0.4 is 10.1 Å². The summed E-state index contributed by atoms with van der Waals surface area (Å²) in [7, 11) is 0. The van der Waals surface area contributed by atoms with E-state index in [1.807, 2.05) is 42.5 Å². The van der Waals surface area contributed by atoms with Gasteiger partial charge in [0.2, 0.25) is 0 Å². The second kappa shape index (κ2) is 7.92. The average Bonchev–Trinajstić information content (AvgIpc) is 2.64. The molecule has 1 N–H and O–H groups in total. The number of aromatic nitrogens is 1. The van der Waals surface area contributed by atoms with Crippen LogP contribution in [0.15, 0.2) is 79.1 Å². The average molecular weight is 318 g/mol. The number of hydrogen-bond donors (Lipinski definition) is 1. The summed E-state index contributed by atoms with van der Waals surface area (Å²) in [6, 6.07) is 20.9. The molecule has 0 unspecified atom stereocenters. The fraction of sp³-hybridized carbons (Fsp3) is 0.100. The van der Waals surface area contributed by atoms with Gasteiger partial charge in [-0.1, -0.05) is 36.4 Å². The first-order valence-corrected chi connectivity index (χ1v) is 7.79. The maximum Gasteiger partial charge on any atom is 0.255 e. The summed E-state index contributed by atoms with van der Waals surface area (Å²) in [6.07, 6.45) is 4.03. The van der Waals surface area contributed by atoms with Crippen LogP contribution in [-0.4, -0.2) is 17.5 Å². The Bertz CT molecular complexity index is 789. The molecule has 1 amide bonds. The van der Waals surface area contributed by atoms with E-state index in [0.29, 0.717) is 17.9 Å². The highest BCUT2D eigenvalue weighted by molar-refractivity contribution is 6.04. The van der Waals surface area contributed by atoms with Crippen molar-refractivity contribution >= 4 is 11.6 Å². The molecule has 4 heteroatoms. The van der Waals surface area contributed by atoms with E-state index in [9.17, 15) is 4.79 Å². The number of pyridine rings is 1. The van der Waals surface area contributed by atoms with Crippen LogP contribution in [0.1, 0.15) is 15.9 Å². The van der Waals surface area contributed by atoms with Gasteiger partial charge in [0.05, 0.1) is 6.61 Å².